The van der Waals surface area contributed by atoms with Crippen molar-refractivity contribution in [2.45, 2.75) is 33.6 Å². The summed E-state index contributed by atoms with van der Waals surface area (Å²) in [6.07, 6.45) is 1.55. The fraction of sp³-hybridized carbons (Fsp3) is 0.172. The third-order valence-electron chi connectivity index (χ3n) is 5.98. The topological polar surface area (TPSA) is 51.1 Å². The Hall–Kier alpha value is -3.63. The highest BCUT2D eigenvalue weighted by Gasteiger charge is 2.24. The van der Waals surface area contributed by atoms with Gasteiger partial charge in [-0.25, -0.2) is 0 Å². The lowest BCUT2D eigenvalue weighted by molar-refractivity contribution is 0.102. The summed E-state index contributed by atoms with van der Waals surface area (Å²) in [7, 11) is 0. The third-order valence-corrected chi connectivity index (χ3v) is 6.21. The molecule has 0 saturated carbocycles. The molecule has 0 saturated heterocycles. The van der Waals surface area contributed by atoms with Crippen molar-refractivity contribution in [1.29, 1.82) is 0 Å². The molecule has 172 valence electrons. The van der Waals surface area contributed by atoms with E-state index in [1.165, 1.54) is 6.07 Å². The molecule has 0 atom stereocenters. The number of hydrogen-bond acceptors (Lipinski definition) is 2. The Morgan fingerprint density at radius 3 is 2.15 bits per heavy atom. The lowest BCUT2D eigenvalue weighted by Crippen LogP contribution is -2.27. The smallest absolute Gasteiger partial charge is 0.261 e. The molecule has 4 aromatic rings. The van der Waals surface area contributed by atoms with Crippen LogP contribution in [0.5, 0.6) is 0 Å². The molecule has 0 unspecified atom stereocenters. The van der Waals surface area contributed by atoms with Gasteiger partial charge in [-0.1, -0.05) is 80.0 Å². The Balaban J connectivity index is 1.98. The standard InChI is InChI=1S/C29H27ClN2O2/c1-4-20-13-9-14-21(5-2)27(20)31-29(34)26-25(33)17-19(3)32(24-16-10-15-23(30)18-24)28(26)22-11-7-6-8-12-22/h6-18H,4-5H2,1-3H3,(H,31,34). The number of nitrogens with one attached hydrogen (secondary N) is 1. The average molecular weight is 471 g/mol. The second-order valence-electron chi connectivity index (χ2n) is 8.17. The number of amides is 1. The van der Waals surface area contributed by atoms with E-state index in [0.717, 1.165) is 40.9 Å². The van der Waals surface area contributed by atoms with Crippen LogP contribution in [0.4, 0.5) is 5.69 Å². The number of hydrogen-bond donors (Lipinski definition) is 1. The zero-order valence-electron chi connectivity index (χ0n) is 19.6. The maximum atomic E-state index is 13.8. The fourth-order valence-electron chi connectivity index (χ4n) is 4.35. The van der Waals surface area contributed by atoms with Gasteiger partial charge in [0.25, 0.3) is 5.91 Å². The molecule has 5 heteroatoms. The molecule has 0 bridgehead atoms. The molecule has 4 rings (SSSR count). The van der Waals surface area contributed by atoms with Gasteiger partial charge in [0.15, 0.2) is 5.43 Å². The van der Waals surface area contributed by atoms with Gasteiger partial charge in [0.05, 0.1) is 5.69 Å². The van der Waals surface area contributed by atoms with Crippen LogP contribution in [-0.2, 0) is 12.8 Å². The van der Waals surface area contributed by atoms with Gasteiger partial charge in [0.2, 0.25) is 0 Å². The van der Waals surface area contributed by atoms with Crippen LogP contribution >= 0.6 is 11.6 Å². The van der Waals surface area contributed by atoms with E-state index >= 15 is 0 Å². The summed E-state index contributed by atoms with van der Waals surface area (Å²) in [5, 5.41) is 3.65. The number of benzene rings is 3. The van der Waals surface area contributed by atoms with E-state index < -0.39 is 5.91 Å². The van der Waals surface area contributed by atoms with Crippen molar-refractivity contribution in [2.75, 3.05) is 5.32 Å². The van der Waals surface area contributed by atoms with Crippen LogP contribution in [0, 0.1) is 6.92 Å². The van der Waals surface area contributed by atoms with Crippen LogP contribution in [0.15, 0.2) is 83.7 Å². The minimum absolute atomic E-state index is 0.102. The van der Waals surface area contributed by atoms with Crippen molar-refractivity contribution in [3.05, 3.63) is 116 Å². The lowest BCUT2D eigenvalue weighted by Gasteiger charge is -2.21. The summed E-state index contributed by atoms with van der Waals surface area (Å²) in [6.45, 7) is 5.97. The molecular weight excluding hydrogens is 444 g/mol. The second kappa shape index (κ2) is 10.1. The number of nitrogens with zero attached hydrogens (tertiary/aromatic N) is 1. The molecule has 1 N–H and O–H groups in total. The minimum Gasteiger partial charge on any atom is -0.321 e. The number of para-hydroxylation sites is 1. The molecule has 0 spiro atoms. The Kier molecular flexibility index (Phi) is 6.99. The van der Waals surface area contributed by atoms with E-state index in [9.17, 15) is 9.59 Å². The third kappa shape index (κ3) is 4.55. The average Bonchev–Trinajstić information content (AvgIpc) is 2.84. The van der Waals surface area contributed by atoms with Gasteiger partial charge in [-0.2, -0.15) is 0 Å². The van der Waals surface area contributed by atoms with Crippen LogP contribution in [0.25, 0.3) is 16.9 Å². The van der Waals surface area contributed by atoms with E-state index in [-0.39, 0.29) is 11.0 Å². The van der Waals surface area contributed by atoms with Crippen LogP contribution in [-0.4, -0.2) is 10.5 Å². The van der Waals surface area contributed by atoms with Crippen molar-refractivity contribution < 1.29 is 4.79 Å². The molecule has 34 heavy (non-hydrogen) atoms. The molecule has 1 amide bonds. The SMILES string of the molecule is CCc1cccc(CC)c1NC(=O)c1c(-c2ccccc2)n(-c2cccc(Cl)c2)c(C)cc1=O. The highest BCUT2D eigenvalue weighted by Crippen LogP contribution is 2.30. The number of carbonyl (C=O) groups is 1. The molecule has 0 aliphatic carbocycles. The van der Waals surface area contributed by atoms with Gasteiger partial charge in [-0.3, -0.25) is 9.59 Å². The zero-order valence-corrected chi connectivity index (χ0v) is 20.3. The number of carbonyl (C=O) groups excluding carboxylic acids is 1. The number of rotatable bonds is 6. The van der Waals surface area contributed by atoms with Crippen molar-refractivity contribution in [3.8, 4) is 16.9 Å². The maximum absolute atomic E-state index is 13.8. The monoisotopic (exact) mass is 470 g/mol. The minimum atomic E-state index is -0.421. The number of aryl methyl sites for hydroxylation is 3. The first-order valence-corrected chi connectivity index (χ1v) is 11.8. The van der Waals surface area contributed by atoms with Gasteiger partial charge in [-0.05, 0) is 54.7 Å². The summed E-state index contributed by atoms with van der Waals surface area (Å²) in [5.41, 5.74) is 5.44. The Morgan fingerprint density at radius 1 is 0.882 bits per heavy atom. The first-order chi connectivity index (χ1) is 16.4. The van der Waals surface area contributed by atoms with E-state index in [4.69, 9.17) is 11.6 Å². The van der Waals surface area contributed by atoms with Gasteiger partial charge in [0, 0.05) is 28.2 Å². The molecule has 4 nitrogen and oxygen atoms in total. The molecule has 0 aliphatic heterocycles. The molecule has 1 heterocycles. The van der Waals surface area contributed by atoms with Crippen molar-refractivity contribution in [3.63, 3.8) is 0 Å². The van der Waals surface area contributed by atoms with Crippen molar-refractivity contribution in [1.82, 2.24) is 4.57 Å². The van der Waals surface area contributed by atoms with Crippen LogP contribution in [0.1, 0.15) is 41.0 Å². The highest BCUT2D eigenvalue weighted by molar-refractivity contribution is 6.30. The van der Waals surface area contributed by atoms with E-state index in [2.05, 4.69) is 19.2 Å². The summed E-state index contributed by atoms with van der Waals surface area (Å²) < 4.78 is 1.92. The predicted octanol–water partition coefficient (Wildman–Crippen LogP) is 6.84. The van der Waals surface area contributed by atoms with Crippen LogP contribution in [0.3, 0.4) is 0 Å². The molecule has 0 fully saturated rings. The molecular formula is C29H27ClN2O2. The van der Waals surface area contributed by atoms with Crippen molar-refractivity contribution in [2.24, 2.45) is 0 Å². The summed E-state index contributed by atoms with van der Waals surface area (Å²) in [4.78, 5) is 27.1. The van der Waals surface area contributed by atoms with Gasteiger partial charge in [0.1, 0.15) is 5.56 Å². The van der Waals surface area contributed by atoms with Gasteiger partial charge in [-0.15, -0.1) is 0 Å². The van der Waals surface area contributed by atoms with Crippen molar-refractivity contribution >= 4 is 23.2 Å². The van der Waals surface area contributed by atoms with Crippen LogP contribution < -0.4 is 10.7 Å². The van der Waals surface area contributed by atoms with E-state index in [1.54, 1.807) is 6.07 Å². The maximum Gasteiger partial charge on any atom is 0.261 e. The number of aromatic nitrogens is 1. The highest BCUT2D eigenvalue weighted by atomic mass is 35.5. The molecule has 3 aromatic carbocycles. The van der Waals surface area contributed by atoms with Gasteiger partial charge < -0.3 is 9.88 Å². The zero-order chi connectivity index (χ0) is 24.2. The largest absolute Gasteiger partial charge is 0.321 e. The Labute approximate surface area is 204 Å². The normalized spacial score (nSPS) is 10.8. The number of pyridine rings is 1. The quantitative estimate of drug-likeness (QED) is 0.335. The number of halogens is 1. The Morgan fingerprint density at radius 2 is 1.53 bits per heavy atom. The summed E-state index contributed by atoms with van der Waals surface area (Å²) >= 11 is 6.30. The number of anilines is 1. The van der Waals surface area contributed by atoms with Crippen LogP contribution in [0.2, 0.25) is 5.02 Å². The predicted molar refractivity (Wildman–Crippen MR) is 140 cm³/mol. The second-order valence-corrected chi connectivity index (χ2v) is 8.60. The fourth-order valence-corrected chi connectivity index (χ4v) is 4.53. The van der Waals surface area contributed by atoms with Gasteiger partial charge >= 0.3 is 0 Å². The first kappa shape index (κ1) is 23.5. The molecule has 0 radical (unpaired) electrons. The lowest BCUT2D eigenvalue weighted by atomic mass is 10.00. The summed E-state index contributed by atoms with van der Waals surface area (Å²) in [6, 6.07) is 24.4. The molecule has 0 aliphatic rings. The van der Waals surface area contributed by atoms with E-state index in [1.807, 2.05) is 78.2 Å². The first-order valence-electron chi connectivity index (χ1n) is 11.4. The van der Waals surface area contributed by atoms with E-state index in [0.29, 0.717) is 16.4 Å². The Bertz CT molecular complexity index is 1390. The summed E-state index contributed by atoms with van der Waals surface area (Å²) in [5.74, 6) is -0.421. The molecule has 1 aromatic heterocycles.